The summed E-state index contributed by atoms with van der Waals surface area (Å²) in [6, 6.07) is 7.41. The minimum Gasteiger partial charge on any atom is -0.497 e. The Morgan fingerprint density at radius 3 is 2.50 bits per heavy atom. The highest BCUT2D eigenvalue weighted by molar-refractivity contribution is 6.33. The van der Waals surface area contributed by atoms with Gasteiger partial charge >= 0.3 is 0 Å². The van der Waals surface area contributed by atoms with Crippen molar-refractivity contribution in [1.29, 1.82) is 0 Å². The summed E-state index contributed by atoms with van der Waals surface area (Å²) in [7, 11) is 1.61. The van der Waals surface area contributed by atoms with Crippen LogP contribution in [0.25, 0.3) is 16.9 Å². The van der Waals surface area contributed by atoms with Gasteiger partial charge < -0.3 is 10.5 Å². The molecule has 0 fully saturated rings. The number of methoxy groups -OCH3 is 1. The van der Waals surface area contributed by atoms with E-state index in [9.17, 15) is 0 Å². The van der Waals surface area contributed by atoms with Crippen molar-refractivity contribution in [3.05, 3.63) is 35.2 Å². The van der Waals surface area contributed by atoms with Gasteiger partial charge in [0.1, 0.15) is 17.1 Å². The normalized spacial score (nSPS) is 10.9. The highest BCUT2D eigenvalue weighted by atomic mass is 35.5. The fraction of sp³-hybridized carbons (Fsp3) is 0.154. The van der Waals surface area contributed by atoms with E-state index in [0.29, 0.717) is 28.1 Å². The van der Waals surface area contributed by atoms with Crippen LogP contribution in [0, 0.1) is 6.92 Å². The van der Waals surface area contributed by atoms with Crippen molar-refractivity contribution < 1.29 is 4.74 Å². The highest BCUT2D eigenvalue weighted by Crippen LogP contribution is 2.27. The number of hydrogen-bond acceptors (Lipinski definition) is 5. The van der Waals surface area contributed by atoms with Crippen molar-refractivity contribution in [2.45, 2.75) is 6.92 Å². The van der Waals surface area contributed by atoms with Gasteiger partial charge in [-0.15, -0.1) is 0 Å². The zero-order chi connectivity index (χ0) is 14.3. The van der Waals surface area contributed by atoms with Crippen LogP contribution < -0.4 is 10.5 Å². The Hall–Kier alpha value is -2.34. The number of anilines is 1. The SMILES string of the molecule is COc1ccc(-n2c(N)nc3nc(C)nc(Cl)c32)cc1. The molecule has 0 atom stereocenters. The van der Waals surface area contributed by atoms with Gasteiger partial charge in [-0.2, -0.15) is 4.98 Å². The van der Waals surface area contributed by atoms with Gasteiger partial charge in [-0.25, -0.2) is 9.97 Å². The quantitative estimate of drug-likeness (QED) is 0.733. The second-order valence-electron chi connectivity index (χ2n) is 4.24. The van der Waals surface area contributed by atoms with E-state index in [-0.39, 0.29) is 0 Å². The molecular formula is C13H12ClN5O. The molecule has 7 heteroatoms. The van der Waals surface area contributed by atoms with E-state index >= 15 is 0 Å². The number of rotatable bonds is 2. The van der Waals surface area contributed by atoms with E-state index in [1.807, 2.05) is 24.3 Å². The Morgan fingerprint density at radius 2 is 1.85 bits per heavy atom. The molecule has 0 saturated heterocycles. The molecular weight excluding hydrogens is 278 g/mol. The predicted molar refractivity (Wildman–Crippen MR) is 77.4 cm³/mol. The Bertz CT molecular complexity index is 782. The van der Waals surface area contributed by atoms with Gasteiger partial charge in [0.25, 0.3) is 0 Å². The molecule has 0 saturated carbocycles. The molecule has 0 radical (unpaired) electrons. The largest absolute Gasteiger partial charge is 0.497 e. The number of halogens is 1. The van der Waals surface area contributed by atoms with Crippen LogP contribution in [0.15, 0.2) is 24.3 Å². The van der Waals surface area contributed by atoms with Gasteiger partial charge in [0.2, 0.25) is 5.95 Å². The lowest BCUT2D eigenvalue weighted by molar-refractivity contribution is 0.415. The summed E-state index contributed by atoms with van der Waals surface area (Å²) in [5.41, 5.74) is 7.87. The third kappa shape index (κ3) is 1.94. The summed E-state index contributed by atoms with van der Waals surface area (Å²) in [6.07, 6.45) is 0. The fourth-order valence-electron chi connectivity index (χ4n) is 2.05. The molecule has 3 aromatic rings. The van der Waals surface area contributed by atoms with Crippen LogP contribution in [0.1, 0.15) is 5.82 Å². The summed E-state index contributed by atoms with van der Waals surface area (Å²) in [6.45, 7) is 1.76. The van der Waals surface area contributed by atoms with Gasteiger partial charge in [0.15, 0.2) is 10.8 Å². The summed E-state index contributed by atoms with van der Waals surface area (Å²) < 4.78 is 6.86. The lowest BCUT2D eigenvalue weighted by atomic mass is 10.3. The number of benzene rings is 1. The molecule has 0 aliphatic carbocycles. The molecule has 0 unspecified atom stereocenters. The standard InChI is InChI=1S/C13H12ClN5O/c1-7-16-11(14)10-12(17-7)18-13(15)19(10)8-3-5-9(20-2)6-4-8/h3-6H,1-2H3,(H2,15,16,17,18). The zero-order valence-corrected chi connectivity index (χ0v) is 11.7. The highest BCUT2D eigenvalue weighted by Gasteiger charge is 2.16. The molecule has 20 heavy (non-hydrogen) atoms. The lowest BCUT2D eigenvalue weighted by Crippen LogP contribution is -2.01. The second-order valence-corrected chi connectivity index (χ2v) is 4.60. The Balaban J connectivity index is 2.26. The molecule has 0 aliphatic heterocycles. The van der Waals surface area contributed by atoms with Gasteiger partial charge in [-0.05, 0) is 31.2 Å². The van der Waals surface area contributed by atoms with Crippen LogP contribution in [-0.4, -0.2) is 26.6 Å². The van der Waals surface area contributed by atoms with Gasteiger partial charge in [-0.1, -0.05) is 11.6 Å². The number of fused-ring (bicyclic) bond motifs is 1. The van der Waals surface area contributed by atoms with E-state index < -0.39 is 0 Å². The summed E-state index contributed by atoms with van der Waals surface area (Å²) >= 11 is 6.20. The maximum absolute atomic E-state index is 6.20. The van der Waals surface area contributed by atoms with E-state index in [1.165, 1.54) is 0 Å². The van der Waals surface area contributed by atoms with E-state index in [1.54, 1.807) is 18.6 Å². The third-order valence-corrected chi connectivity index (χ3v) is 3.20. The first-order valence-corrected chi connectivity index (χ1v) is 6.30. The predicted octanol–water partition coefficient (Wildman–Crippen LogP) is 2.37. The molecule has 2 N–H and O–H groups in total. The lowest BCUT2D eigenvalue weighted by Gasteiger charge is -2.08. The molecule has 0 bridgehead atoms. The fourth-order valence-corrected chi connectivity index (χ4v) is 2.35. The third-order valence-electron chi connectivity index (χ3n) is 2.94. The molecule has 6 nitrogen and oxygen atoms in total. The van der Waals surface area contributed by atoms with Crippen LogP contribution in [0.4, 0.5) is 5.95 Å². The van der Waals surface area contributed by atoms with Crippen molar-refractivity contribution in [2.75, 3.05) is 12.8 Å². The van der Waals surface area contributed by atoms with E-state index in [4.69, 9.17) is 22.1 Å². The van der Waals surface area contributed by atoms with Crippen molar-refractivity contribution in [1.82, 2.24) is 19.5 Å². The van der Waals surface area contributed by atoms with Gasteiger partial charge in [0.05, 0.1) is 7.11 Å². The van der Waals surface area contributed by atoms with Crippen LogP contribution in [0.5, 0.6) is 5.75 Å². The first-order valence-electron chi connectivity index (χ1n) is 5.92. The molecule has 0 spiro atoms. The molecule has 2 heterocycles. The average Bonchev–Trinajstić information content (AvgIpc) is 2.75. The number of imidazole rings is 1. The number of nitrogens with zero attached hydrogens (tertiary/aromatic N) is 4. The first kappa shape index (κ1) is 12.7. The maximum Gasteiger partial charge on any atom is 0.207 e. The number of ether oxygens (including phenoxy) is 1. The van der Waals surface area contributed by atoms with Crippen molar-refractivity contribution in [3.63, 3.8) is 0 Å². The van der Waals surface area contributed by atoms with E-state index in [0.717, 1.165) is 11.4 Å². The second kappa shape index (κ2) is 4.64. The molecule has 3 rings (SSSR count). The average molecular weight is 290 g/mol. The summed E-state index contributed by atoms with van der Waals surface area (Å²) in [4.78, 5) is 12.6. The van der Waals surface area contributed by atoms with Crippen molar-refractivity contribution >= 4 is 28.7 Å². The van der Waals surface area contributed by atoms with Gasteiger partial charge in [0, 0.05) is 5.69 Å². The summed E-state index contributed by atoms with van der Waals surface area (Å²) in [5.74, 6) is 1.63. The van der Waals surface area contributed by atoms with Gasteiger partial charge in [-0.3, -0.25) is 4.57 Å². The van der Waals surface area contributed by atoms with E-state index in [2.05, 4.69) is 15.0 Å². The topological polar surface area (TPSA) is 78.9 Å². The van der Waals surface area contributed by atoms with Crippen LogP contribution in [0.2, 0.25) is 5.15 Å². The number of hydrogen-bond donors (Lipinski definition) is 1. The molecule has 0 aliphatic rings. The summed E-state index contributed by atoms with van der Waals surface area (Å²) in [5, 5.41) is 0.326. The number of aryl methyl sites for hydroxylation is 1. The Morgan fingerprint density at radius 1 is 1.15 bits per heavy atom. The first-order chi connectivity index (χ1) is 9.60. The Labute approximate surface area is 120 Å². The number of aromatic nitrogens is 4. The van der Waals surface area contributed by atoms with Crippen LogP contribution >= 0.6 is 11.6 Å². The monoisotopic (exact) mass is 289 g/mol. The smallest absolute Gasteiger partial charge is 0.207 e. The number of nitrogens with two attached hydrogens (primary N) is 1. The van der Waals surface area contributed by atoms with Crippen molar-refractivity contribution in [2.24, 2.45) is 0 Å². The number of nitrogen functional groups attached to an aromatic ring is 1. The maximum atomic E-state index is 6.20. The minimum absolute atomic E-state index is 0.312. The van der Waals surface area contributed by atoms with Crippen LogP contribution in [-0.2, 0) is 0 Å². The minimum atomic E-state index is 0.312. The Kier molecular flexibility index (Phi) is 2.94. The molecule has 102 valence electrons. The van der Waals surface area contributed by atoms with Crippen LogP contribution in [0.3, 0.4) is 0 Å². The molecule has 1 aromatic carbocycles. The van der Waals surface area contributed by atoms with Crippen molar-refractivity contribution in [3.8, 4) is 11.4 Å². The molecule has 0 amide bonds. The zero-order valence-electron chi connectivity index (χ0n) is 11.0. The molecule has 2 aromatic heterocycles.